The highest BCUT2D eigenvalue weighted by atomic mass is 16.4. The first kappa shape index (κ1) is 12.4. The van der Waals surface area contributed by atoms with Crippen LogP contribution < -0.4 is 5.32 Å². The molecule has 1 unspecified atom stereocenters. The van der Waals surface area contributed by atoms with Crippen LogP contribution in [0.5, 0.6) is 0 Å². The molecule has 0 aromatic carbocycles. The minimum Gasteiger partial charge on any atom is -0.481 e. The fraction of sp³-hybridized carbons (Fsp3) is 0.900. The van der Waals surface area contributed by atoms with Gasteiger partial charge in [-0.05, 0) is 25.8 Å². The van der Waals surface area contributed by atoms with Gasteiger partial charge in [0.05, 0.1) is 0 Å². The third-order valence-corrected chi connectivity index (χ3v) is 2.13. The van der Waals surface area contributed by atoms with E-state index in [4.69, 9.17) is 5.11 Å². The van der Waals surface area contributed by atoms with E-state index in [1.165, 1.54) is 12.8 Å². The zero-order valence-corrected chi connectivity index (χ0v) is 8.68. The normalized spacial score (nSPS) is 12.8. The van der Waals surface area contributed by atoms with Crippen LogP contribution in [0.1, 0.15) is 46.0 Å². The van der Waals surface area contributed by atoms with Gasteiger partial charge in [-0.15, -0.1) is 0 Å². The van der Waals surface area contributed by atoms with E-state index in [1.807, 2.05) is 0 Å². The van der Waals surface area contributed by atoms with Gasteiger partial charge in [-0.1, -0.05) is 20.3 Å². The molecule has 1 atom stereocenters. The number of carboxylic acid groups (broad SMARTS) is 1. The predicted octanol–water partition coefficient (Wildman–Crippen LogP) is 2.02. The van der Waals surface area contributed by atoms with Gasteiger partial charge in [-0.25, -0.2) is 0 Å². The number of carboxylic acids is 1. The second kappa shape index (κ2) is 8.05. The number of hydrogen-bond donors (Lipinski definition) is 2. The summed E-state index contributed by atoms with van der Waals surface area (Å²) in [5.41, 5.74) is 0. The van der Waals surface area contributed by atoms with E-state index in [2.05, 4.69) is 19.2 Å². The van der Waals surface area contributed by atoms with E-state index < -0.39 is 5.97 Å². The standard InChI is InChI=1S/C10H21NO2/c1-3-6-9(4-2)11-8-5-7-10(12)13/h9,11H,3-8H2,1-2H3,(H,12,13). The molecule has 0 aliphatic heterocycles. The van der Waals surface area contributed by atoms with Gasteiger partial charge < -0.3 is 10.4 Å². The van der Waals surface area contributed by atoms with Crippen molar-refractivity contribution >= 4 is 5.97 Å². The summed E-state index contributed by atoms with van der Waals surface area (Å²) in [5.74, 6) is -0.703. The van der Waals surface area contributed by atoms with Crippen molar-refractivity contribution in [2.45, 2.75) is 52.0 Å². The van der Waals surface area contributed by atoms with E-state index in [0.717, 1.165) is 19.4 Å². The molecule has 3 heteroatoms. The molecular formula is C10H21NO2. The van der Waals surface area contributed by atoms with Gasteiger partial charge in [0.25, 0.3) is 0 Å². The molecule has 0 bridgehead atoms. The average Bonchev–Trinajstić information content (AvgIpc) is 2.10. The van der Waals surface area contributed by atoms with Crippen molar-refractivity contribution in [2.24, 2.45) is 0 Å². The topological polar surface area (TPSA) is 49.3 Å². The molecule has 0 aromatic rings. The minimum absolute atomic E-state index is 0.273. The summed E-state index contributed by atoms with van der Waals surface area (Å²) in [4.78, 5) is 10.2. The van der Waals surface area contributed by atoms with Gasteiger partial charge >= 0.3 is 5.97 Å². The molecule has 3 nitrogen and oxygen atoms in total. The molecule has 0 saturated heterocycles. The summed E-state index contributed by atoms with van der Waals surface area (Å²) >= 11 is 0. The van der Waals surface area contributed by atoms with Crippen molar-refractivity contribution in [3.8, 4) is 0 Å². The first-order valence-electron chi connectivity index (χ1n) is 5.15. The summed E-state index contributed by atoms with van der Waals surface area (Å²) in [5, 5.41) is 11.8. The van der Waals surface area contributed by atoms with Crippen molar-refractivity contribution in [2.75, 3.05) is 6.54 Å². The second-order valence-corrected chi connectivity index (χ2v) is 3.35. The smallest absolute Gasteiger partial charge is 0.303 e. The van der Waals surface area contributed by atoms with Crippen LogP contribution in [0.2, 0.25) is 0 Å². The van der Waals surface area contributed by atoms with Gasteiger partial charge in [-0.2, -0.15) is 0 Å². The molecule has 0 radical (unpaired) electrons. The lowest BCUT2D eigenvalue weighted by atomic mass is 10.1. The zero-order chi connectivity index (χ0) is 10.1. The summed E-state index contributed by atoms with van der Waals surface area (Å²) in [7, 11) is 0. The van der Waals surface area contributed by atoms with Crippen molar-refractivity contribution in [1.82, 2.24) is 5.32 Å². The van der Waals surface area contributed by atoms with E-state index in [9.17, 15) is 4.79 Å². The molecule has 0 fully saturated rings. The maximum Gasteiger partial charge on any atom is 0.303 e. The molecule has 0 rings (SSSR count). The van der Waals surface area contributed by atoms with Crippen molar-refractivity contribution in [3.05, 3.63) is 0 Å². The number of carbonyl (C=O) groups is 1. The summed E-state index contributed by atoms with van der Waals surface area (Å²) < 4.78 is 0. The monoisotopic (exact) mass is 187 g/mol. The Labute approximate surface area is 80.5 Å². The highest BCUT2D eigenvalue weighted by Crippen LogP contribution is 2.00. The van der Waals surface area contributed by atoms with E-state index in [1.54, 1.807) is 0 Å². The van der Waals surface area contributed by atoms with Crippen LogP contribution in [0.15, 0.2) is 0 Å². The van der Waals surface area contributed by atoms with Gasteiger partial charge in [0, 0.05) is 12.5 Å². The van der Waals surface area contributed by atoms with Crippen molar-refractivity contribution < 1.29 is 9.90 Å². The minimum atomic E-state index is -0.703. The van der Waals surface area contributed by atoms with Gasteiger partial charge in [0.2, 0.25) is 0 Å². The fourth-order valence-electron chi connectivity index (χ4n) is 1.34. The van der Waals surface area contributed by atoms with Crippen LogP contribution in [0.25, 0.3) is 0 Å². The molecule has 0 aliphatic carbocycles. The number of aliphatic carboxylic acids is 1. The second-order valence-electron chi connectivity index (χ2n) is 3.35. The molecule has 0 heterocycles. The van der Waals surface area contributed by atoms with Gasteiger partial charge in [0.15, 0.2) is 0 Å². The molecule has 2 N–H and O–H groups in total. The largest absolute Gasteiger partial charge is 0.481 e. The SMILES string of the molecule is CCCC(CC)NCCCC(=O)O. The Morgan fingerprint density at radius 2 is 2.15 bits per heavy atom. The molecule has 0 aliphatic rings. The Morgan fingerprint density at radius 3 is 2.62 bits per heavy atom. The Kier molecular flexibility index (Phi) is 7.69. The molecule has 0 amide bonds. The van der Waals surface area contributed by atoms with E-state index in [0.29, 0.717) is 6.04 Å². The highest BCUT2D eigenvalue weighted by Gasteiger charge is 2.03. The van der Waals surface area contributed by atoms with E-state index in [-0.39, 0.29) is 6.42 Å². The summed E-state index contributed by atoms with van der Waals surface area (Å²) in [6.45, 7) is 5.15. The molecule has 13 heavy (non-hydrogen) atoms. The molecule has 0 aromatic heterocycles. The highest BCUT2D eigenvalue weighted by molar-refractivity contribution is 5.66. The van der Waals surface area contributed by atoms with Crippen LogP contribution >= 0.6 is 0 Å². The number of nitrogens with one attached hydrogen (secondary N) is 1. The Hall–Kier alpha value is -0.570. The predicted molar refractivity (Wildman–Crippen MR) is 53.9 cm³/mol. The lowest BCUT2D eigenvalue weighted by molar-refractivity contribution is -0.137. The number of hydrogen-bond acceptors (Lipinski definition) is 2. The van der Waals surface area contributed by atoms with Crippen LogP contribution in [0, 0.1) is 0 Å². The lowest BCUT2D eigenvalue weighted by Gasteiger charge is -2.15. The lowest BCUT2D eigenvalue weighted by Crippen LogP contribution is -2.29. The maximum absolute atomic E-state index is 10.2. The van der Waals surface area contributed by atoms with Gasteiger partial charge in [0.1, 0.15) is 0 Å². The molecule has 0 spiro atoms. The van der Waals surface area contributed by atoms with E-state index >= 15 is 0 Å². The van der Waals surface area contributed by atoms with Crippen molar-refractivity contribution in [1.29, 1.82) is 0 Å². The van der Waals surface area contributed by atoms with Crippen LogP contribution in [0.3, 0.4) is 0 Å². The van der Waals surface area contributed by atoms with Crippen molar-refractivity contribution in [3.63, 3.8) is 0 Å². The summed E-state index contributed by atoms with van der Waals surface area (Å²) in [6, 6.07) is 0.568. The molecule has 78 valence electrons. The average molecular weight is 187 g/mol. The Morgan fingerprint density at radius 1 is 1.46 bits per heavy atom. The maximum atomic E-state index is 10.2. The third-order valence-electron chi connectivity index (χ3n) is 2.13. The Bertz CT molecular complexity index is 137. The summed E-state index contributed by atoms with van der Waals surface area (Å²) in [6.07, 6.45) is 4.50. The third kappa shape index (κ3) is 7.78. The quantitative estimate of drug-likeness (QED) is 0.571. The first-order valence-corrected chi connectivity index (χ1v) is 5.15. The zero-order valence-electron chi connectivity index (χ0n) is 8.68. The fourth-order valence-corrected chi connectivity index (χ4v) is 1.34. The van der Waals surface area contributed by atoms with Crippen LogP contribution in [-0.4, -0.2) is 23.7 Å². The Balaban J connectivity index is 3.32. The molecular weight excluding hydrogens is 166 g/mol. The van der Waals surface area contributed by atoms with Gasteiger partial charge in [-0.3, -0.25) is 4.79 Å². The first-order chi connectivity index (χ1) is 6.20. The van der Waals surface area contributed by atoms with Crippen LogP contribution in [-0.2, 0) is 4.79 Å². The molecule has 0 saturated carbocycles. The van der Waals surface area contributed by atoms with Crippen LogP contribution in [0.4, 0.5) is 0 Å². The number of rotatable bonds is 8.